The van der Waals surface area contributed by atoms with E-state index < -0.39 is 0 Å². The van der Waals surface area contributed by atoms with Crippen LogP contribution in [-0.2, 0) is 0 Å². The minimum absolute atomic E-state index is 0.248. The first-order chi connectivity index (χ1) is 10.3. The van der Waals surface area contributed by atoms with E-state index in [1.54, 1.807) is 12.2 Å². The van der Waals surface area contributed by atoms with Crippen molar-refractivity contribution in [2.75, 3.05) is 0 Å². The van der Waals surface area contributed by atoms with Gasteiger partial charge in [-0.2, -0.15) is 5.26 Å². The van der Waals surface area contributed by atoms with Gasteiger partial charge in [-0.05, 0) is 36.1 Å². The number of nitrogens with zero attached hydrogens (tertiary/aromatic N) is 1. The van der Waals surface area contributed by atoms with E-state index in [1.807, 2.05) is 57.2 Å². The molecule has 116 valence electrons. The molecule has 1 aliphatic carbocycles. The zero-order valence-electron chi connectivity index (χ0n) is 13.5. The van der Waals surface area contributed by atoms with E-state index in [2.05, 4.69) is 0 Å². The number of aliphatic hydroxyl groups excluding tert-OH is 1. The second-order valence-electron chi connectivity index (χ2n) is 6.25. The quantitative estimate of drug-likeness (QED) is 0.452. The summed E-state index contributed by atoms with van der Waals surface area (Å²) >= 11 is 0. The molecular formula is C19H24N2O. The normalized spacial score (nSPS) is 17.5. The summed E-state index contributed by atoms with van der Waals surface area (Å²) in [5, 5.41) is 18.8. The number of nitrogens with two attached hydrogens (primary N) is 1. The molecule has 0 radical (unpaired) electrons. The first kappa shape index (κ1) is 17.6. The summed E-state index contributed by atoms with van der Waals surface area (Å²) in [6.45, 7) is 5.75. The van der Waals surface area contributed by atoms with Crippen molar-refractivity contribution >= 4 is 0 Å². The van der Waals surface area contributed by atoms with Crippen molar-refractivity contribution in [2.24, 2.45) is 11.1 Å². The predicted octanol–water partition coefficient (Wildman–Crippen LogP) is 4.60. The van der Waals surface area contributed by atoms with Gasteiger partial charge in [0.2, 0.25) is 0 Å². The van der Waals surface area contributed by atoms with Crippen LogP contribution in [0.1, 0.15) is 33.6 Å². The van der Waals surface area contributed by atoms with E-state index in [-0.39, 0.29) is 11.2 Å². The van der Waals surface area contributed by atoms with Crippen molar-refractivity contribution in [3.63, 3.8) is 0 Å². The SMILES string of the molecule is CC(C)(C)/C(O)=C/C(=C\C#N)/C=C/C=C/C1=CC=C(N)CC1. The van der Waals surface area contributed by atoms with Gasteiger partial charge < -0.3 is 10.8 Å². The highest BCUT2D eigenvalue weighted by atomic mass is 16.3. The van der Waals surface area contributed by atoms with Gasteiger partial charge in [-0.3, -0.25) is 0 Å². The Morgan fingerprint density at radius 3 is 2.55 bits per heavy atom. The molecule has 0 atom stereocenters. The predicted molar refractivity (Wildman–Crippen MR) is 91.7 cm³/mol. The van der Waals surface area contributed by atoms with Crippen LogP contribution in [0.5, 0.6) is 0 Å². The molecule has 0 saturated heterocycles. The molecule has 0 aromatic carbocycles. The molecule has 0 aromatic heterocycles. The maximum Gasteiger partial charge on any atom is 0.0982 e. The van der Waals surface area contributed by atoms with Gasteiger partial charge in [-0.25, -0.2) is 0 Å². The highest BCUT2D eigenvalue weighted by Gasteiger charge is 2.15. The maximum atomic E-state index is 10.00. The van der Waals surface area contributed by atoms with Crippen LogP contribution in [-0.4, -0.2) is 5.11 Å². The minimum atomic E-state index is -0.336. The summed E-state index contributed by atoms with van der Waals surface area (Å²) in [5.74, 6) is 0.248. The molecule has 0 amide bonds. The van der Waals surface area contributed by atoms with E-state index >= 15 is 0 Å². The van der Waals surface area contributed by atoms with Crippen molar-refractivity contribution in [2.45, 2.75) is 33.6 Å². The molecule has 3 N–H and O–H groups in total. The van der Waals surface area contributed by atoms with Crippen LogP contribution in [0.3, 0.4) is 0 Å². The topological polar surface area (TPSA) is 70.0 Å². The largest absolute Gasteiger partial charge is 0.512 e. The van der Waals surface area contributed by atoms with Crippen LogP contribution in [0.25, 0.3) is 0 Å². The van der Waals surface area contributed by atoms with Gasteiger partial charge in [-0.15, -0.1) is 0 Å². The van der Waals surface area contributed by atoms with Crippen LogP contribution >= 0.6 is 0 Å². The summed E-state index contributed by atoms with van der Waals surface area (Å²) in [5.41, 5.74) is 8.18. The molecule has 1 rings (SSSR count). The standard InChI is InChI=1S/C19H24N2O/c1-19(2,3)18(22)14-16(12-13-20)7-5-4-6-15-8-10-17(21)11-9-15/h4-8,10,12,14,22H,9,11,21H2,1-3H3/b6-4+,7-5+,16-12-,18-14-. The first-order valence-electron chi connectivity index (χ1n) is 7.34. The van der Waals surface area contributed by atoms with Crippen LogP contribution in [0, 0.1) is 16.7 Å². The number of hydrogen-bond acceptors (Lipinski definition) is 3. The van der Waals surface area contributed by atoms with Gasteiger partial charge in [0.05, 0.1) is 11.8 Å². The van der Waals surface area contributed by atoms with Crippen LogP contribution in [0.2, 0.25) is 0 Å². The van der Waals surface area contributed by atoms with Gasteiger partial charge in [0, 0.05) is 17.2 Å². The van der Waals surface area contributed by atoms with E-state index in [4.69, 9.17) is 11.0 Å². The Hall–Kier alpha value is -2.47. The summed E-state index contributed by atoms with van der Waals surface area (Å²) in [6, 6.07) is 1.99. The van der Waals surface area contributed by atoms with Crippen LogP contribution in [0.4, 0.5) is 0 Å². The number of aliphatic hydroxyl groups is 1. The van der Waals surface area contributed by atoms with Crippen LogP contribution < -0.4 is 5.73 Å². The average Bonchev–Trinajstić information content (AvgIpc) is 2.44. The highest BCUT2D eigenvalue weighted by Crippen LogP contribution is 2.24. The number of nitriles is 1. The molecule has 22 heavy (non-hydrogen) atoms. The fourth-order valence-corrected chi connectivity index (χ4v) is 1.74. The molecular weight excluding hydrogens is 272 g/mol. The fraction of sp³-hybridized carbons (Fsp3) is 0.316. The molecule has 0 bridgehead atoms. The second kappa shape index (κ2) is 8.09. The van der Waals surface area contributed by atoms with Gasteiger partial charge >= 0.3 is 0 Å². The van der Waals surface area contributed by atoms with E-state index in [0.29, 0.717) is 5.57 Å². The Morgan fingerprint density at radius 1 is 1.27 bits per heavy atom. The van der Waals surface area contributed by atoms with E-state index in [0.717, 1.165) is 18.5 Å². The minimum Gasteiger partial charge on any atom is -0.512 e. The highest BCUT2D eigenvalue weighted by molar-refractivity contribution is 5.39. The van der Waals surface area contributed by atoms with E-state index in [1.165, 1.54) is 11.6 Å². The molecule has 3 heteroatoms. The molecule has 0 aromatic rings. The third kappa shape index (κ3) is 6.32. The number of hydrogen-bond donors (Lipinski definition) is 2. The molecule has 0 unspecified atom stereocenters. The summed E-state index contributed by atoms with van der Waals surface area (Å²) in [6.07, 6.45) is 16.4. The van der Waals surface area contributed by atoms with Crippen molar-refractivity contribution in [3.8, 4) is 6.07 Å². The summed E-state index contributed by atoms with van der Waals surface area (Å²) in [4.78, 5) is 0. The molecule has 0 aliphatic heterocycles. The fourth-order valence-electron chi connectivity index (χ4n) is 1.74. The summed E-state index contributed by atoms with van der Waals surface area (Å²) in [7, 11) is 0. The molecule has 0 spiro atoms. The third-order valence-corrected chi connectivity index (χ3v) is 3.23. The maximum absolute atomic E-state index is 10.00. The second-order valence-corrected chi connectivity index (χ2v) is 6.25. The van der Waals surface area contributed by atoms with Crippen molar-refractivity contribution in [1.82, 2.24) is 0 Å². The molecule has 3 nitrogen and oxygen atoms in total. The first-order valence-corrected chi connectivity index (χ1v) is 7.34. The van der Waals surface area contributed by atoms with Crippen molar-refractivity contribution in [1.29, 1.82) is 5.26 Å². The lowest BCUT2D eigenvalue weighted by molar-refractivity contribution is 0.277. The number of allylic oxidation sites excluding steroid dienone is 12. The van der Waals surface area contributed by atoms with Crippen LogP contribution in [0.15, 0.2) is 71.2 Å². The summed E-state index contributed by atoms with van der Waals surface area (Å²) < 4.78 is 0. The number of rotatable bonds is 4. The molecule has 0 heterocycles. The lowest BCUT2D eigenvalue weighted by Gasteiger charge is -2.17. The van der Waals surface area contributed by atoms with E-state index in [9.17, 15) is 5.11 Å². The Morgan fingerprint density at radius 2 is 2.00 bits per heavy atom. The monoisotopic (exact) mass is 296 g/mol. The lowest BCUT2D eigenvalue weighted by Crippen LogP contribution is -2.08. The molecule has 1 aliphatic rings. The third-order valence-electron chi connectivity index (χ3n) is 3.23. The van der Waals surface area contributed by atoms with Gasteiger partial charge in [0.25, 0.3) is 0 Å². The Kier molecular flexibility index (Phi) is 6.47. The molecule has 0 saturated carbocycles. The zero-order chi connectivity index (χ0) is 16.6. The smallest absolute Gasteiger partial charge is 0.0982 e. The Balaban J connectivity index is 2.77. The average molecular weight is 296 g/mol. The van der Waals surface area contributed by atoms with Gasteiger partial charge in [-0.1, -0.05) is 51.2 Å². The van der Waals surface area contributed by atoms with Crippen molar-refractivity contribution in [3.05, 3.63) is 71.2 Å². The lowest BCUT2D eigenvalue weighted by atomic mass is 9.92. The Labute approximate surface area is 133 Å². The molecule has 0 fully saturated rings. The zero-order valence-corrected chi connectivity index (χ0v) is 13.5. The van der Waals surface area contributed by atoms with Gasteiger partial charge in [0.15, 0.2) is 0 Å². The van der Waals surface area contributed by atoms with Crippen molar-refractivity contribution < 1.29 is 5.11 Å². The Bertz CT molecular complexity index is 615. The van der Waals surface area contributed by atoms with Gasteiger partial charge in [0.1, 0.15) is 0 Å².